The molecule has 0 atom stereocenters. The highest BCUT2D eigenvalue weighted by atomic mass is 31.2. The highest BCUT2D eigenvalue weighted by molar-refractivity contribution is 7.73. The first-order chi connectivity index (χ1) is 10.1. The first-order valence-corrected chi connectivity index (χ1v) is 7.95. The van der Waals surface area contributed by atoms with Crippen LogP contribution in [0, 0.1) is 0 Å². The highest BCUT2D eigenvalue weighted by Crippen LogP contribution is 2.49. The van der Waals surface area contributed by atoms with Crippen LogP contribution in [0.5, 0.6) is 11.5 Å². The largest absolute Gasteiger partial charge is 0.502 e. The van der Waals surface area contributed by atoms with Crippen LogP contribution in [0.2, 0.25) is 0 Å². The minimum Gasteiger partial charge on any atom is -0.411 e. The van der Waals surface area contributed by atoms with E-state index in [9.17, 15) is 9.36 Å². The minimum absolute atomic E-state index is 0.314. The lowest BCUT2D eigenvalue weighted by atomic mass is 10.3. The van der Waals surface area contributed by atoms with Gasteiger partial charge in [-0.25, -0.2) is 4.57 Å². The molecule has 21 heavy (non-hydrogen) atoms. The van der Waals surface area contributed by atoms with E-state index in [4.69, 9.17) is 9.05 Å². The Labute approximate surface area is 123 Å². The molecule has 2 aromatic carbocycles. The topological polar surface area (TPSA) is 52.6 Å². The van der Waals surface area contributed by atoms with Crippen LogP contribution < -0.4 is 9.05 Å². The van der Waals surface area contributed by atoms with Crippen LogP contribution in [-0.4, -0.2) is 5.52 Å². The molecule has 0 aromatic heterocycles. The van der Waals surface area contributed by atoms with E-state index in [2.05, 4.69) is 0 Å². The molecule has 0 saturated carbocycles. The van der Waals surface area contributed by atoms with Gasteiger partial charge in [0.05, 0.1) is 0 Å². The fraction of sp³-hybridized carbons (Fsp3) is 0.0625. The third kappa shape index (κ3) is 4.07. The van der Waals surface area contributed by atoms with Gasteiger partial charge in [0.1, 0.15) is 11.5 Å². The average molecular weight is 302 g/mol. The van der Waals surface area contributed by atoms with E-state index < -0.39 is 13.1 Å². The molecule has 2 rings (SSSR count). The molecule has 0 amide bonds. The van der Waals surface area contributed by atoms with Crippen LogP contribution in [0.1, 0.15) is 6.92 Å². The molecule has 0 radical (unpaired) electrons. The molecule has 0 heterocycles. The number of benzene rings is 2. The SMILES string of the molecule is C/C=C/C(=O)P(=O)(Oc1ccccc1)Oc1ccccc1. The van der Waals surface area contributed by atoms with Gasteiger partial charge in [0.2, 0.25) is 0 Å². The maximum atomic E-state index is 12.8. The summed E-state index contributed by atoms with van der Waals surface area (Å²) in [6.07, 6.45) is 2.68. The molecule has 0 spiro atoms. The predicted molar refractivity (Wildman–Crippen MR) is 81.6 cm³/mol. The molecule has 0 aliphatic carbocycles. The second kappa shape index (κ2) is 6.91. The Morgan fingerprint density at radius 2 is 1.33 bits per heavy atom. The van der Waals surface area contributed by atoms with Crippen molar-refractivity contribution in [2.75, 3.05) is 0 Å². The summed E-state index contributed by atoms with van der Waals surface area (Å²) in [5, 5.41) is 0. The fourth-order valence-electron chi connectivity index (χ4n) is 1.58. The lowest BCUT2D eigenvalue weighted by Crippen LogP contribution is -2.09. The first-order valence-electron chi connectivity index (χ1n) is 6.40. The maximum absolute atomic E-state index is 12.8. The van der Waals surface area contributed by atoms with Gasteiger partial charge < -0.3 is 9.05 Å². The summed E-state index contributed by atoms with van der Waals surface area (Å²) in [7, 11) is -4.00. The van der Waals surface area contributed by atoms with E-state index in [1.165, 1.54) is 12.2 Å². The van der Waals surface area contributed by atoms with Gasteiger partial charge in [0.15, 0.2) is 0 Å². The standard InChI is InChI=1S/C16H15O4P/c1-2-9-16(17)21(18,19-14-10-5-3-6-11-14)20-15-12-7-4-8-13-15/h2-13H,1H3/b9-2+. The molecule has 0 aliphatic rings. The van der Waals surface area contributed by atoms with Gasteiger partial charge in [0.25, 0.3) is 5.52 Å². The van der Waals surface area contributed by atoms with Gasteiger partial charge in [-0.1, -0.05) is 42.5 Å². The number of allylic oxidation sites excluding steroid dienone is 2. The van der Waals surface area contributed by atoms with Crippen molar-refractivity contribution >= 4 is 13.1 Å². The minimum atomic E-state index is -4.00. The molecule has 0 bridgehead atoms. The zero-order chi connectivity index (χ0) is 15.1. The monoisotopic (exact) mass is 302 g/mol. The van der Waals surface area contributed by atoms with Crippen LogP contribution in [0.3, 0.4) is 0 Å². The number of rotatable bonds is 6. The van der Waals surface area contributed by atoms with Crippen LogP contribution in [0.4, 0.5) is 0 Å². The van der Waals surface area contributed by atoms with Crippen LogP contribution in [0.15, 0.2) is 72.8 Å². The second-order valence-corrected chi connectivity index (χ2v) is 5.95. The molecule has 5 heteroatoms. The third-order valence-corrected chi connectivity index (χ3v) is 4.11. The van der Waals surface area contributed by atoms with Crippen molar-refractivity contribution in [1.82, 2.24) is 0 Å². The molecule has 0 fully saturated rings. The molecular formula is C16H15O4P. The second-order valence-electron chi connectivity index (χ2n) is 4.14. The Morgan fingerprint density at radius 1 is 0.905 bits per heavy atom. The van der Waals surface area contributed by atoms with Crippen LogP contribution in [-0.2, 0) is 9.36 Å². The predicted octanol–water partition coefficient (Wildman–Crippen LogP) is 4.44. The molecule has 4 nitrogen and oxygen atoms in total. The molecule has 0 aliphatic heterocycles. The van der Waals surface area contributed by atoms with E-state index in [-0.39, 0.29) is 0 Å². The van der Waals surface area contributed by atoms with Gasteiger partial charge in [-0.3, -0.25) is 4.79 Å². The number of hydrogen-bond acceptors (Lipinski definition) is 4. The van der Waals surface area contributed by atoms with Crippen LogP contribution in [0.25, 0.3) is 0 Å². The van der Waals surface area contributed by atoms with Crippen molar-refractivity contribution in [1.29, 1.82) is 0 Å². The molecule has 2 aromatic rings. The van der Waals surface area contributed by atoms with E-state index in [1.807, 2.05) is 0 Å². The zero-order valence-corrected chi connectivity index (χ0v) is 12.4. The Balaban J connectivity index is 2.30. The smallest absolute Gasteiger partial charge is 0.411 e. The van der Waals surface area contributed by atoms with E-state index in [1.54, 1.807) is 67.6 Å². The van der Waals surface area contributed by atoms with E-state index in [0.29, 0.717) is 11.5 Å². The van der Waals surface area contributed by atoms with E-state index in [0.717, 1.165) is 0 Å². The Morgan fingerprint density at radius 3 is 1.71 bits per heavy atom. The summed E-state index contributed by atoms with van der Waals surface area (Å²) in [5.74, 6) is 0.629. The van der Waals surface area contributed by atoms with Crippen molar-refractivity contribution in [3.63, 3.8) is 0 Å². The van der Waals surface area contributed by atoms with Gasteiger partial charge in [-0.15, -0.1) is 0 Å². The molecule has 0 N–H and O–H groups in total. The summed E-state index contributed by atoms with van der Waals surface area (Å²) >= 11 is 0. The van der Waals surface area contributed by atoms with Crippen molar-refractivity contribution in [2.24, 2.45) is 0 Å². The average Bonchev–Trinajstić information content (AvgIpc) is 2.49. The maximum Gasteiger partial charge on any atom is 0.502 e. The van der Waals surface area contributed by atoms with E-state index >= 15 is 0 Å². The lowest BCUT2D eigenvalue weighted by molar-refractivity contribution is -0.109. The molecule has 0 saturated heterocycles. The third-order valence-electron chi connectivity index (χ3n) is 2.52. The molecule has 0 unspecified atom stereocenters. The first kappa shape index (κ1) is 15.1. The van der Waals surface area contributed by atoms with Crippen molar-refractivity contribution in [3.8, 4) is 11.5 Å². The van der Waals surface area contributed by atoms with Crippen molar-refractivity contribution in [2.45, 2.75) is 6.92 Å². The van der Waals surface area contributed by atoms with Gasteiger partial charge in [-0.05, 0) is 37.3 Å². The van der Waals surface area contributed by atoms with Crippen molar-refractivity contribution < 1.29 is 18.4 Å². The number of para-hydroxylation sites is 2. The van der Waals surface area contributed by atoms with Gasteiger partial charge in [0, 0.05) is 0 Å². The summed E-state index contributed by atoms with van der Waals surface area (Å²) < 4.78 is 23.5. The van der Waals surface area contributed by atoms with Gasteiger partial charge >= 0.3 is 7.60 Å². The lowest BCUT2D eigenvalue weighted by Gasteiger charge is -2.17. The van der Waals surface area contributed by atoms with Crippen molar-refractivity contribution in [3.05, 3.63) is 72.8 Å². The molecule has 108 valence electrons. The Kier molecular flexibility index (Phi) is 4.96. The fourth-order valence-corrected chi connectivity index (χ4v) is 2.93. The number of carbonyl (C=O) groups excluding carboxylic acids is 1. The summed E-state index contributed by atoms with van der Waals surface area (Å²) in [5.41, 5.74) is -0.697. The molecular weight excluding hydrogens is 287 g/mol. The normalized spacial score (nSPS) is 11.3. The number of carbonyl (C=O) groups is 1. The Hall–Kier alpha value is -2.32. The zero-order valence-electron chi connectivity index (χ0n) is 11.5. The highest BCUT2D eigenvalue weighted by Gasteiger charge is 2.36. The summed E-state index contributed by atoms with van der Waals surface area (Å²) in [4.78, 5) is 12.1. The number of hydrogen-bond donors (Lipinski definition) is 0. The van der Waals surface area contributed by atoms with Gasteiger partial charge in [-0.2, -0.15) is 0 Å². The van der Waals surface area contributed by atoms with Crippen LogP contribution >= 0.6 is 7.60 Å². The quantitative estimate of drug-likeness (QED) is 0.584. The summed E-state index contributed by atoms with van der Waals surface area (Å²) in [6.45, 7) is 1.66. The Bertz CT molecular complexity index is 620. The summed E-state index contributed by atoms with van der Waals surface area (Å²) in [6, 6.07) is 16.9.